The number of rotatable bonds is 1. The van der Waals surface area contributed by atoms with Crippen LogP contribution >= 0.6 is 0 Å². The summed E-state index contributed by atoms with van der Waals surface area (Å²) in [6, 6.07) is 0. The first-order valence-electron chi connectivity index (χ1n) is 4.17. The van der Waals surface area contributed by atoms with Crippen LogP contribution in [0.1, 0.15) is 33.1 Å². The van der Waals surface area contributed by atoms with Crippen molar-refractivity contribution in [2.75, 3.05) is 0 Å². The molecule has 2 aliphatic rings. The number of carbonyl (C=O) groups is 1. The Hall–Kier alpha value is -0.330. The summed E-state index contributed by atoms with van der Waals surface area (Å²) in [6.45, 7) is 4.50. The smallest absolute Gasteiger partial charge is 0.133 e. The summed E-state index contributed by atoms with van der Waals surface area (Å²) in [7, 11) is 0. The minimum absolute atomic E-state index is 0.483. The Bertz CT molecular complexity index is 183. The summed E-state index contributed by atoms with van der Waals surface area (Å²) in [4.78, 5) is 11.0. The molecule has 0 bridgehead atoms. The van der Waals surface area contributed by atoms with E-state index in [9.17, 15) is 4.79 Å². The topological polar surface area (TPSA) is 17.1 Å². The maximum absolute atomic E-state index is 11.0. The molecule has 0 spiro atoms. The highest BCUT2D eigenvalue weighted by Gasteiger charge is 2.61. The van der Waals surface area contributed by atoms with Crippen molar-refractivity contribution in [3.63, 3.8) is 0 Å². The lowest BCUT2D eigenvalue weighted by atomic mass is 9.90. The molecule has 56 valence electrons. The van der Waals surface area contributed by atoms with Crippen LogP contribution in [0, 0.1) is 17.3 Å². The Morgan fingerprint density at radius 1 is 1.60 bits per heavy atom. The van der Waals surface area contributed by atoms with Gasteiger partial charge in [-0.2, -0.15) is 0 Å². The fourth-order valence-corrected chi connectivity index (χ4v) is 2.52. The highest BCUT2D eigenvalue weighted by molar-refractivity contribution is 5.83. The molecule has 1 nitrogen and oxygen atoms in total. The van der Waals surface area contributed by atoms with E-state index in [1.807, 2.05) is 0 Å². The first-order chi connectivity index (χ1) is 4.65. The second-order valence-corrected chi connectivity index (χ2v) is 4.21. The molecule has 0 amide bonds. The molecule has 2 atom stereocenters. The third kappa shape index (κ3) is 0.609. The van der Waals surface area contributed by atoms with E-state index in [2.05, 4.69) is 13.8 Å². The zero-order chi connectivity index (χ0) is 7.35. The van der Waals surface area contributed by atoms with Crippen molar-refractivity contribution in [2.45, 2.75) is 33.1 Å². The molecule has 0 radical (unpaired) electrons. The van der Waals surface area contributed by atoms with E-state index >= 15 is 0 Å². The summed E-state index contributed by atoms with van der Waals surface area (Å²) in [6.07, 6.45) is 3.10. The van der Waals surface area contributed by atoms with E-state index in [0.717, 1.165) is 24.7 Å². The molecule has 2 aliphatic carbocycles. The average molecular weight is 138 g/mol. The molecule has 0 aromatic carbocycles. The maximum Gasteiger partial charge on any atom is 0.133 e. The average Bonchev–Trinajstić information content (AvgIpc) is 2.37. The highest BCUT2D eigenvalue weighted by atomic mass is 16.1. The quantitative estimate of drug-likeness (QED) is 0.541. The van der Waals surface area contributed by atoms with Crippen molar-refractivity contribution >= 4 is 5.78 Å². The van der Waals surface area contributed by atoms with Crippen LogP contribution in [0.4, 0.5) is 0 Å². The molecular weight excluding hydrogens is 124 g/mol. The summed E-state index contributed by atoms with van der Waals surface area (Å²) in [5.41, 5.74) is 0.483. The van der Waals surface area contributed by atoms with Crippen molar-refractivity contribution in [3.05, 3.63) is 0 Å². The van der Waals surface area contributed by atoms with Crippen molar-refractivity contribution in [3.8, 4) is 0 Å². The number of Topliss-reactive ketones (excluding diaryl/α,β-unsaturated/α-hetero) is 1. The summed E-state index contributed by atoms with van der Waals surface area (Å²) >= 11 is 0. The van der Waals surface area contributed by atoms with Crippen LogP contribution < -0.4 is 0 Å². The van der Waals surface area contributed by atoms with Gasteiger partial charge in [0.15, 0.2) is 0 Å². The summed E-state index contributed by atoms with van der Waals surface area (Å²) in [5.74, 6) is 2.01. The Labute approximate surface area is 61.8 Å². The lowest BCUT2D eigenvalue weighted by Crippen LogP contribution is -2.09. The molecule has 2 unspecified atom stereocenters. The minimum atomic E-state index is 0.483. The fourth-order valence-electron chi connectivity index (χ4n) is 2.52. The second-order valence-electron chi connectivity index (χ2n) is 4.21. The maximum atomic E-state index is 11.0. The first-order valence-corrected chi connectivity index (χ1v) is 4.17. The van der Waals surface area contributed by atoms with Gasteiger partial charge in [0.1, 0.15) is 5.78 Å². The zero-order valence-corrected chi connectivity index (χ0v) is 6.68. The Kier molecular flexibility index (Phi) is 1.04. The van der Waals surface area contributed by atoms with E-state index in [4.69, 9.17) is 0 Å². The zero-order valence-electron chi connectivity index (χ0n) is 6.68. The van der Waals surface area contributed by atoms with Crippen molar-refractivity contribution in [1.29, 1.82) is 0 Å². The predicted octanol–water partition coefficient (Wildman–Crippen LogP) is 2.01. The minimum Gasteiger partial charge on any atom is -0.300 e. The first kappa shape index (κ1) is 6.38. The lowest BCUT2D eigenvalue weighted by Gasteiger charge is -2.14. The van der Waals surface area contributed by atoms with Gasteiger partial charge in [0.25, 0.3) is 0 Å². The molecule has 0 aromatic rings. The van der Waals surface area contributed by atoms with Gasteiger partial charge in [-0.3, -0.25) is 4.79 Å². The van der Waals surface area contributed by atoms with Crippen LogP contribution in [0.5, 0.6) is 0 Å². The van der Waals surface area contributed by atoms with Crippen LogP contribution in [0.2, 0.25) is 0 Å². The van der Waals surface area contributed by atoms with Gasteiger partial charge in [-0.1, -0.05) is 13.8 Å². The molecule has 0 saturated heterocycles. The van der Waals surface area contributed by atoms with Gasteiger partial charge in [0.05, 0.1) is 0 Å². The third-order valence-corrected chi connectivity index (χ3v) is 3.43. The molecule has 0 aromatic heterocycles. The van der Waals surface area contributed by atoms with Crippen LogP contribution in [0.3, 0.4) is 0 Å². The van der Waals surface area contributed by atoms with Gasteiger partial charge in [-0.05, 0) is 23.7 Å². The van der Waals surface area contributed by atoms with Gasteiger partial charge < -0.3 is 0 Å². The number of hydrogen-bond donors (Lipinski definition) is 0. The number of carbonyl (C=O) groups excluding carboxylic acids is 1. The van der Waals surface area contributed by atoms with Gasteiger partial charge in [-0.25, -0.2) is 0 Å². The van der Waals surface area contributed by atoms with Crippen LogP contribution in [-0.4, -0.2) is 5.78 Å². The molecule has 10 heavy (non-hydrogen) atoms. The van der Waals surface area contributed by atoms with Crippen LogP contribution in [-0.2, 0) is 4.79 Å². The summed E-state index contributed by atoms with van der Waals surface area (Å²) in [5, 5.41) is 0. The monoisotopic (exact) mass is 138 g/mol. The van der Waals surface area contributed by atoms with E-state index in [1.54, 1.807) is 0 Å². The Morgan fingerprint density at radius 3 is 2.60 bits per heavy atom. The molecule has 2 fully saturated rings. The van der Waals surface area contributed by atoms with E-state index in [1.165, 1.54) is 6.42 Å². The second kappa shape index (κ2) is 1.63. The highest BCUT2D eigenvalue weighted by Crippen LogP contribution is 2.66. The van der Waals surface area contributed by atoms with Gasteiger partial charge in [0, 0.05) is 12.8 Å². The lowest BCUT2D eigenvalue weighted by molar-refractivity contribution is -0.118. The third-order valence-electron chi connectivity index (χ3n) is 3.43. The van der Waals surface area contributed by atoms with Gasteiger partial charge in [-0.15, -0.1) is 0 Å². The molecule has 2 saturated carbocycles. The Balaban J connectivity index is 2.15. The molecule has 2 rings (SSSR count). The van der Waals surface area contributed by atoms with Gasteiger partial charge in [0.2, 0.25) is 0 Å². The van der Waals surface area contributed by atoms with Crippen molar-refractivity contribution in [2.24, 2.45) is 17.3 Å². The van der Waals surface area contributed by atoms with Gasteiger partial charge >= 0.3 is 0 Å². The number of fused-ring (bicyclic) bond motifs is 1. The molecule has 0 N–H and O–H groups in total. The normalized spacial score (nSPS) is 44.3. The predicted molar refractivity (Wildman–Crippen MR) is 39.6 cm³/mol. The standard InChI is InChI=1S/C9H14O/c1-6(2)9-4-7(9)3-8(10)5-9/h6-7H,3-5H2,1-2H3. The number of ketones is 1. The SMILES string of the molecule is CC(C)C12CC(=O)CC1C2. The molecular formula is C9H14O. The van der Waals surface area contributed by atoms with Crippen molar-refractivity contribution < 1.29 is 4.79 Å². The fraction of sp³-hybridized carbons (Fsp3) is 0.889. The van der Waals surface area contributed by atoms with Crippen LogP contribution in [0.15, 0.2) is 0 Å². The molecule has 0 heterocycles. The largest absolute Gasteiger partial charge is 0.300 e. The van der Waals surface area contributed by atoms with E-state index < -0.39 is 0 Å². The summed E-state index contributed by atoms with van der Waals surface area (Å²) < 4.78 is 0. The molecule has 1 heteroatoms. The Morgan fingerprint density at radius 2 is 2.30 bits per heavy atom. The van der Waals surface area contributed by atoms with Crippen molar-refractivity contribution in [1.82, 2.24) is 0 Å². The molecule has 0 aliphatic heterocycles. The van der Waals surface area contributed by atoms with E-state index in [0.29, 0.717) is 11.2 Å². The number of hydrogen-bond acceptors (Lipinski definition) is 1. The van der Waals surface area contributed by atoms with Crippen LogP contribution in [0.25, 0.3) is 0 Å². The van der Waals surface area contributed by atoms with E-state index in [-0.39, 0.29) is 0 Å².